The highest BCUT2D eigenvalue weighted by Crippen LogP contribution is 2.30. The minimum Gasteiger partial charge on any atom is -0.497 e. The Bertz CT molecular complexity index is 635. The van der Waals surface area contributed by atoms with E-state index < -0.39 is 0 Å². The lowest BCUT2D eigenvalue weighted by Crippen LogP contribution is -2.22. The molecule has 0 aliphatic carbocycles. The average molecular weight is 318 g/mol. The molecule has 2 aromatic rings. The van der Waals surface area contributed by atoms with Gasteiger partial charge in [0.25, 0.3) is 0 Å². The van der Waals surface area contributed by atoms with Crippen LogP contribution >= 0.6 is 11.8 Å². The largest absolute Gasteiger partial charge is 0.497 e. The number of methoxy groups -OCH3 is 2. The summed E-state index contributed by atoms with van der Waals surface area (Å²) in [6.45, 7) is 1.83. The van der Waals surface area contributed by atoms with Crippen LogP contribution in [-0.4, -0.2) is 30.4 Å². The molecule has 1 aromatic carbocycles. The monoisotopic (exact) mass is 318 g/mol. The van der Waals surface area contributed by atoms with Crippen molar-refractivity contribution in [3.8, 4) is 11.5 Å². The van der Waals surface area contributed by atoms with Crippen molar-refractivity contribution < 1.29 is 14.3 Å². The molecule has 5 nitrogen and oxygen atoms in total. The zero-order valence-electron chi connectivity index (χ0n) is 12.7. The topological polar surface area (TPSA) is 60.5 Å². The van der Waals surface area contributed by atoms with Gasteiger partial charge in [0.15, 0.2) is 0 Å². The van der Waals surface area contributed by atoms with E-state index in [-0.39, 0.29) is 11.2 Å². The number of ether oxygens (including phenoxy) is 2. The number of pyridine rings is 1. The number of thioether (sulfide) groups is 1. The van der Waals surface area contributed by atoms with Gasteiger partial charge in [-0.1, -0.05) is 17.8 Å². The molecule has 0 aliphatic rings. The molecule has 0 radical (unpaired) electrons. The molecule has 116 valence electrons. The summed E-state index contributed by atoms with van der Waals surface area (Å²) in [5, 5.41) is 3.39. The first-order valence-electron chi connectivity index (χ1n) is 6.74. The van der Waals surface area contributed by atoms with Gasteiger partial charge in [0.1, 0.15) is 11.5 Å². The molecule has 1 amide bonds. The summed E-state index contributed by atoms with van der Waals surface area (Å²) < 4.78 is 10.4. The SMILES string of the molecule is COc1ccc(OC)c(NC(=O)[C@H](C)Sc2ccccn2)c1. The molecular formula is C16H18N2O3S. The fourth-order valence-corrected chi connectivity index (χ4v) is 2.60. The molecule has 1 atom stereocenters. The number of carbonyl (C=O) groups is 1. The summed E-state index contributed by atoms with van der Waals surface area (Å²) in [5.41, 5.74) is 0.584. The number of aromatic nitrogens is 1. The zero-order valence-corrected chi connectivity index (χ0v) is 13.5. The van der Waals surface area contributed by atoms with Gasteiger partial charge in [0.05, 0.1) is 30.2 Å². The summed E-state index contributed by atoms with van der Waals surface area (Å²) in [6, 6.07) is 10.9. The summed E-state index contributed by atoms with van der Waals surface area (Å²) in [5.74, 6) is 1.12. The van der Waals surface area contributed by atoms with E-state index in [0.717, 1.165) is 5.03 Å². The maximum absolute atomic E-state index is 12.3. The quantitative estimate of drug-likeness (QED) is 0.829. The molecule has 0 fully saturated rings. The Morgan fingerprint density at radius 2 is 2.05 bits per heavy atom. The number of anilines is 1. The van der Waals surface area contributed by atoms with Gasteiger partial charge in [-0.15, -0.1) is 0 Å². The number of benzene rings is 1. The standard InChI is InChI=1S/C16H18N2O3S/c1-11(22-15-6-4-5-9-17-15)16(19)18-13-10-12(20-2)7-8-14(13)21-3/h4-11H,1-3H3,(H,18,19)/t11-/m0/s1. The minimum atomic E-state index is -0.286. The first-order valence-corrected chi connectivity index (χ1v) is 7.62. The van der Waals surface area contributed by atoms with Gasteiger partial charge in [-0.2, -0.15) is 0 Å². The second-order valence-corrected chi connectivity index (χ2v) is 5.84. The van der Waals surface area contributed by atoms with Crippen molar-refractivity contribution in [3.05, 3.63) is 42.6 Å². The van der Waals surface area contributed by atoms with Crippen molar-refractivity contribution in [2.24, 2.45) is 0 Å². The van der Waals surface area contributed by atoms with Crippen LogP contribution in [0.4, 0.5) is 5.69 Å². The number of hydrogen-bond donors (Lipinski definition) is 1. The van der Waals surface area contributed by atoms with E-state index >= 15 is 0 Å². The summed E-state index contributed by atoms with van der Waals surface area (Å²) in [6.07, 6.45) is 1.71. The van der Waals surface area contributed by atoms with E-state index in [1.54, 1.807) is 38.6 Å². The van der Waals surface area contributed by atoms with E-state index in [4.69, 9.17) is 9.47 Å². The van der Waals surface area contributed by atoms with E-state index in [1.807, 2.05) is 25.1 Å². The average Bonchev–Trinajstić information content (AvgIpc) is 2.55. The van der Waals surface area contributed by atoms with Crippen molar-refractivity contribution in [2.45, 2.75) is 17.2 Å². The van der Waals surface area contributed by atoms with Crippen LogP contribution in [0.25, 0.3) is 0 Å². The second-order valence-electron chi connectivity index (χ2n) is 4.48. The molecule has 0 saturated carbocycles. The lowest BCUT2D eigenvalue weighted by Gasteiger charge is -2.14. The molecular weight excluding hydrogens is 300 g/mol. The van der Waals surface area contributed by atoms with Crippen LogP contribution in [0.5, 0.6) is 11.5 Å². The van der Waals surface area contributed by atoms with Crippen molar-refractivity contribution in [2.75, 3.05) is 19.5 Å². The number of amides is 1. The molecule has 6 heteroatoms. The van der Waals surface area contributed by atoms with Crippen LogP contribution < -0.4 is 14.8 Å². The van der Waals surface area contributed by atoms with E-state index in [0.29, 0.717) is 17.2 Å². The molecule has 0 aliphatic heterocycles. The first-order chi connectivity index (χ1) is 10.6. The molecule has 1 aromatic heterocycles. The van der Waals surface area contributed by atoms with Crippen molar-refractivity contribution >= 4 is 23.4 Å². The first kappa shape index (κ1) is 16.2. The fourth-order valence-electron chi connectivity index (χ4n) is 1.80. The number of nitrogens with zero attached hydrogens (tertiary/aromatic N) is 1. The Labute approximate surface area is 134 Å². The molecule has 0 unspecified atom stereocenters. The van der Waals surface area contributed by atoms with Gasteiger partial charge in [0, 0.05) is 12.3 Å². The van der Waals surface area contributed by atoms with Gasteiger partial charge in [-0.25, -0.2) is 4.98 Å². The van der Waals surface area contributed by atoms with Gasteiger partial charge < -0.3 is 14.8 Å². The molecule has 0 bridgehead atoms. The van der Waals surface area contributed by atoms with Gasteiger partial charge in [0.2, 0.25) is 5.91 Å². The van der Waals surface area contributed by atoms with Crippen LogP contribution in [0.1, 0.15) is 6.92 Å². The minimum absolute atomic E-state index is 0.123. The van der Waals surface area contributed by atoms with Gasteiger partial charge >= 0.3 is 0 Å². The van der Waals surface area contributed by atoms with Crippen LogP contribution in [0, 0.1) is 0 Å². The Kier molecular flexibility index (Phi) is 5.66. The Morgan fingerprint density at radius 3 is 2.68 bits per heavy atom. The number of hydrogen-bond acceptors (Lipinski definition) is 5. The third-order valence-corrected chi connectivity index (χ3v) is 4.02. The zero-order chi connectivity index (χ0) is 15.9. The maximum Gasteiger partial charge on any atom is 0.237 e. The predicted octanol–water partition coefficient (Wildman–Crippen LogP) is 3.22. The fraction of sp³-hybridized carbons (Fsp3) is 0.250. The van der Waals surface area contributed by atoms with Crippen LogP contribution in [0.3, 0.4) is 0 Å². The van der Waals surface area contributed by atoms with Crippen LogP contribution in [0.2, 0.25) is 0 Å². The lowest BCUT2D eigenvalue weighted by atomic mass is 10.2. The Hall–Kier alpha value is -2.21. The van der Waals surface area contributed by atoms with Crippen LogP contribution in [-0.2, 0) is 4.79 Å². The number of carbonyl (C=O) groups excluding carboxylic acids is 1. The summed E-state index contributed by atoms with van der Waals surface area (Å²) in [7, 11) is 3.14. The summed E-state index contributed by atoms with van der Waals surface area (Å²) >= 11 is 1.40. The molecule has 0 spiro atoms. The second kappa shape index (κ2) is 7.70. The van der Waals surface area contributed by atoms with E-state index in [9.17, 15) is 4.79 Å². The highest BCUT2D eigenvalue weighted by molar-refractivity contribution is 8.00. The molecule has 0 saturated heterocycles. The van der Waals surface area contributed by atoms with Crippen molar-refractivity contribution in [1.82, 2.24) is 4.98 Å². The van der Waals surface area contributed by atoms with Crippen molar-refractivity contribution in [3.63, 3.8) is 0 Å². The summed E-state index contributed by atoms with van der Waals surface area (Å²) in [4.78, 5) is 16.5. The molecule has 22 heavy (non-hydrogen) atoms. The van der Waals surface area contributed by atoms with Crippen LogP contribution in [0.15, 0.2) is 47.6 Å². The predicted molar refractivity (Wildman–Crippen MR) is 87.7 cm³/mol. The lowest BCUT2D eigenvalue weighted by molar-refractivity contribution is -0.115. The maximum atomic E-state index is 12.3. The van der Waals surface area contributed by atoms with E-state index in [1.165, 1.54) is 11.8 Å². The Balaban J connectivity index is 2.07. The Morgan fingerprint density at radius 1 is 1.23 bits per heavy atom. The van der Waals surface area contributed by atoms with Crippen molar-refractivity contribution in [1.29, 1.82) is 0 Å². The molecule has 2 rings (SSSR count). The third-order valence-electron chi connectivity index (χ3n) is 2.97. The van der Waals surface area contributed by atoms with Gasteiger partial charge in [-0.05, 0) is 31.2 Å². The third kappa shape index (κ3) is 4.14. The molecule has 1 heterocycles. The highest BCUT2D eigenvalue weighted by Gasteiger charge is 2.17. The number of nitrogens with one attached hydrogen (secondary N) is 1. The smallest absolute Gasteiger partial charge is 0.237 e. The highest BCUT2D eigenvalue weighted by atomic mass is 32.2. The normalized spacial score (nSPS) is 11.6. The van der Waals surface area contributed by atoms with E-state index in [2.05, 4.69) is 10.3 Å². The van der Waals surface area contributed by atoms with Gasteiger partial charge in [-0.3, -0.25) is 4.79 Å². The number of rotatable bonds is 6. The molecule has 1 N–H and O–H groups in total.